The summed E-state index contributed by atoms with van der Waals surface area (Å²) in [4.78, 5) is 11.6. The van der Waals surface area contributed by atoms with Gasteiger partial charge < -0.3 is 4.74 Å². The van der Waals surface area contributed by atoms with Crippen molar-refractivity contribution < 1.29 is 22.7 Å². The number of rotatable bonds is 3. The molecule has 0 saturated carbocycles. The van der Waals surface area contributed by atoms with Crippen molar-refractivity contribution in [2.24, 2.45) is 0 Å². The summed E-state index contributed by atoms with van der Waals surface area (Å²) in [6.07, 6.45) is -2.08. The molecule has 0 aliphatic rings. The number of hydrogen-bond acceptors (Lipinski definition) is 3. The van der Waals surface area contributed by atoms with Gasteiger partial charge in [0.2, 0.25) is 0 Å². The maximum absolute atomic E-state index is 12.7. The number of carbonyl (C=O) groups excluding carboxylic acids is 1. The highest BCUT2D eigenvalue weighted by Crippen LogP contribution is 2.37. The number of ether oxygens (including phenoxy) is 1. The van der Waals surface area contributed by atoms with Crippen molar-refractivity contribution in [1.29, 1.82) is 0 Å². The molecule has 0 aliphatic carbocycles. The molecule has 118 valence electrons. The second kappa shape index (κ2) is 6.18. The van der Waals surface area contributed by atoms with Crippen molar-refractivity contribution in [3.63, 3.8) is 0 Å². The van der Waals surface area contributed by atoms with Crippen LogP contribution >= 0.6 is 23.2 Å². The Morgan fingerprint density at radius 3 is 2.41 bits per heavy atom. The minimum absolute atomic E-state index is 0.0480. The summed E-state index contributed by atoms with van der Waals surface area (Å²) in [6, 6.07) is 1.49. The third-order valence-electron chi connectivity index (χ3n) is 2.67. The van der Waals surface area contributed by atoms with Gasteiger partial charge >= 0.3 is 12.1 Å². The lowest BCUT2D eigenvalue weighted by atomic mass is 10.2. The molecule has 9 heteroatoms. The van der Waals surface area contributed by atoms with Gasteiger partial charge in [-0.1, -0.05) is 23.2 Å². The number of hydrogen-bond donors (Lipinski definition) is 0. The van der Waals surface area contributed by atoms with Crippen LogP contribution in [0.1, 0.15) is 22.8 Å². The molecule has 1 aromatic heterocycles. The second-order valence-corrected chi connectivity index (χ2v) is 4.99. The van der Waals surface area contributed by atoms with Gasteiger partial charge in [-0.05, 0) is 19.1 Å². The summed E-state index contributed by atoms with van der Waals surface area (Å²) >= 11 is 11.7. The highest BCUT2D eigenvalue weighted by molar-refractivity contribution is 6.37. The number of carbonyl (C=O) groups is 1. The van der Waals surface area contributed by atoms with Crippen molar-refractivity contribution in [2.45, 2.75) is 13.1 Å². The molecule has 0 bridgehead atoms. The number of nitrogens with zero attached hydrogens (tertiary/aromatic N) is 2. The van der Waals surface area contributed by atoms with E-state index in [1.165, 1.54) is 12.4 Å². The van der Waals surface area contributed by atoms with E-state index < -0.39 is 17.7 Å². The van der Waals surface area contributed by atoms with E-state index in [1.807, 2.05) is 0 Å². The predicted octanol–water partition coefficient (Wildman–Crippen LogP) is 4.37. The summed E-state index contributed by atoms with van der Waals surface area (Å²) in [5.41, 5.74) is -0.787. The highest BCUT2D eigenvalue weighted by atomic mass is 35.5. The minimum Gasteiger partial charge on any atom is -0.462 e. The molecule has 1 aromatic carbocycles. The van der Waals surface area contributed by atoms with Crippen LogP contribution in [0.4, 0.5) is 13.2 Å². The van der Waals surface area contributed by atoms with Crippen LogP contribution in [0.3, 0.4) is 0 Å². The van der Waals surface area contributed by atoms with E-state index in [9.17, 15) is 18.0 Å². The van der Waals surface area contributed by atoms with E-state index in [1.54, 1.807) is 6.92 Å². The molecule has 0 atom stereocenters. The smallest absolute Gasteiger partial charge is 0.416 e. The molecule has 22 heavy (non-hydrogen) atoms. The lowest BCUT2D eigenvalue weighted by Gasteiger charge is -2.12. The Balaban J connectivity index is 2.44. The van der Waals surface area contributed by atoms with E-state index in [2.05, 4.69) is 5.10 Å². The van der Waals surface area contributed by atoms with Crippen LogP contribution in [0, 0.1) is 0 Å². The summed E-state index contributed by atoms with van der Waals surface area (Å²) in [6.45, 7) is 1.83. The molecule has 4 nitrogen and oxygen atoms in total. The van der Waals surface area contributed by atoms with Gasteiger partial charge in [0.15, 0.2) is 0 Å². The lowest BCUT2D eigenvalue weighted by Crippen LogP contribution is -2.07. The fraction of sp³-hybridized carbons (Fsp3) is 0.231. The second-order valence-electron chi connectivity index (χ2n) is 4.18. The Kier molecular flexibility index (Phi) is 4.67. The van der Waals surface area contributed by atoms with Gasteiger partial charge in [-0.2, -0.15) is 18.3 Å². The summed E-state index contributed by atoms with van der Waals surface area (Å²) < 4.78 is 43.9. The Bertz CT molecular complexity index is 691. The minimum atomic E-state index is -4.56. The van der Waals surface area contributed by atoms with E-state index >= 15 is 0 Å². The molecule has 0 N–H and O–H groups in total. The van der Waals surface area contributed by atoms with Crippen molar-refractivity contribution in [2.75, 3.05) is 6.61 Å². The van der Waals surface area contributed by atoms with Crippen LogP contribution in [0.2, 0.25) is 10.0 Å². The van der Waals surface area contributed by atoms with Crippen LogP contribution < -0.4 is 0 Å². The molecule has 2 aromatic rings. The SMILES string of the molecule is CCOC(=O)c1cnn(-c2c(Cl)cc(C(F)(F)F)cc2Cl)c1. The number of halogens is 5. The van der Waals surface area contributed by atoms with Gasteiger partial charge in [-0.15, -0.1) is 0 Å². The molecule has 0 aliphatic heterocycles. The first kappa shape index (κ1) is 16.6. The van der Waals surface area contributed by atoms with E-state index in [4.69, 9.17) is 27.9 Å². The molecular weight excluding hydrogens is 344 g/mol. The molecule has 0 unspecified atom stereocenters. The zero-order chi connectivity index (χ0) is 16.5. The Morgan fingerprint density at radius 2 is 1.91 bits per heavy atom. The van der Waals surface area contributed by atoms with Gasteiger partial charge in [-0.25, -0.2) is 9.48 Å². The van der Waals surface area contributed by atoms with Crippen LogP contribution in [-0.4, -0.2) is 22.4 Å². The molecule has 0 radical (unpaired) electrons. The zero-order valence-corrected chi connectivity index (χ0v) is 12.6. The van der Waals surface area contributed by atoms with Crippen LogP contribution in [-0.2, 0) is 10.9 Å². The Hall–Kier alpha value is -1.73. The maximum atomic E-state index is 12.7. The lowest BCUT2D eigenvalue weighted by molar-refractivity contribution is -0.137. The fourth-order valence-corrected chi connectivity index (χ4v) is 2.37. The Labute approximate surface area is 133 Å². The number of esters is 1. The molecule has 2 rings (SSSR count). The largest absolute Gasteiger partial charge is 0.462 e. The molecular formula is C13H9Cl2F3N2O2. The van der Waals surface area contributed by atoms with E-state index in [0.717, 1.165) is 16.8 Å². The quantitative estimate of drug-likeness (QED) is 0.770. The van der Waals surface area contributed by atoms with Gasteiger partial charge in [0.05, 0.1) is 34.0 Å². The average Bonchev–Trinajstić information content (AvgIpc) is 2.86. The molecule has 0 amide bonds. The van der Waals surface area contributed by atoms with E-state index in [0.29, 0.717) is 0 Å². The number of alkyl halides is 3. The first-order valence-corrected chi connectivity index (χ1v) is 6.78. The highest BCUT2D eigenvalue weighted by Gasteiger charge is 2.32. The topological polar surface area (TPSA) is 44.1 Å². The average molecular weight is 353 g/mol. The normalized spacial score (nSPS) is 11.5. The zero-order valence-electron chi connectivity index (χ0n) is 11.1. The third kappa shape index (κ3) is 3.36. The standard InChI is InChI=1S/C13H9Cl2F3N2O2/c1-2-22-12(21)7-5-19-20(6-7)11-9(14)3-8(4-10(11)15)13(16,17)18/h3-6H,2H2,1H3. The van der Waals surface area contributed by atoms with Crippen LogP contribution in [0.5, 0.6) is 0 Å². The third-order valence-corrected chi connectivity index (χ3v) is 3.24. The molecule has 0 fully saturated rings. The number of benzene rings is 1. The molecule has 0 spiro atoms. The van der Waals surface area contributed by atoms with Gasteiger partial charge in [-0.3, -0.25) is 0 Å². The predicted molar refractivity (Wildman–Crippen MR) is 74.5 cm³/mol. The van der Waals surface area contributed by atoms with Gasteiger partial charge in [0, 0.05) is 6.20 Å². The first-order chi connectivity index (χ1) is 10.2. The van der Waals surface area contributed by atoms with Crippen LogP contribution in [0.15, 0.2) is 24.5 Å². The van der Waals surface area contributed by atoms with Gasteiger partial charge in [0.25, 0.3) is 0 Å². The monoisotopic (exact) mass is 352 g/mol. The summed E-state index contributed by atoms with van der Waals surface area (Å²) in [5, 5.41) is 3.39. The van der Waals surface area contributed by atoms with Crippen LogP contribution in [0.25, 0.3) is 5.69 Å². The van der Waals surface area contributed by atoms with Crippen molar-refractivity contribution in [1.82, 2.24) is 9.78 Å². The van der Waals surface area contributed by atoms with Crippen molar-refractivity contribution in [3.8, 4) is 5.69 Å². The van der Waals surface area contributed by atoms with Crippen molar-refractivity contribution >= 4 is 29.2 Å². The summed E-state index contributed by atoms with van der Waals surface area (Å²) in [7, 11) is 0. The molecule has 0 saturated heterocycles. The Morgan fingerprint density at radius 1 is 1.32 bits per heavy atom. The van der Waals surface area contributed by atoms with Gasteiger partial charge in [0.1, 0.15) is 5.69 Å². The van der Waals surface area contributed by atoms with E-state index in [-0.39, 0.29) is 27.9 Å². The fourth-order valence-electron chi connectivity index (χ4n) is 1.71. The first-order valence-electron chi connectivity index (χ1n) is 6.02. The number of aromatic nitrogens is 2. The van der Waals surface area contributed by atoms with Crippen molar-refractivity contribution in [3.05, 3.63) is 45.7 Å². The summed E-state index contributed by atoms with van der Waals surface area (Å²) in [5.74, 6) is -0.604. The maximum Gasteiger partial charge on any atom is 0.416 e. The molecule has 1 heterocycles.